The van der Waals surface area contributed by atoms with Gasteiger partial charge in [-0.3, -0.25) is 9.59 Å². The monoisotopic (exact) mass is 644 g/mol. The number of hydrogen-bond acceptors (Lipinski definition) is 10. The summed E-state index contributed by atoms with van der Waals surface area (Å²) in [5.74, 6) is -3.06. The first-order chi connectivity index (χ1) is 21.8. The molecule has 1 saturated heterocycles. The van der Waals surface area contributed by atoms with E-state index >= 15 is 0 Å². The molecule has 1 heterocycles. The fourth-order valence-electron chi connectivity index (χ4n) is 10.2. The van der Waals surface area contributed by atoms with Crippen LogP contribution in [0.3, 0.4) is 0 Å². The van der Waals surface area contributed by atoms with Crippen LogP contribution in [0.15, 0.2) is 36.0 Å². The molecule has 0 amide bonds. The molecule has 13 atom stereocenters. The minimum absolute atomic E-state index is 0.0952. The van der Waals surface area contributed by atoms with Gasteiger partial charge in [0, 0.05) is 25.5 Å². The first-order valence-corrected chi connectivity index (χ1v) is 16.3. The van der Waals surface area contributed by atoms with Gasteiger partial charge in [-0.15, -0.1) is 0 Å². The number of aliphatic hydroxyl groups is 1. The largest absolute Gasteiger partial charge is 0.481 e. The number of carbonyl (C=O) groups is 4. The number of carboxylic acids is 1. The molecule has 3 saturated carbocycles. The van der Waals surface area contributed by atoms with E-state index < -0.39 is 71.0 Å². The summed E-state index contributed by atoms with van der Waals surface area (Å²) in [5.41, 5.74) is -3.11. The van der Waals surface area contributed by atoms with E-state index in [-0.39, 0.29) is 36.2 Å². The van der Waals surface area contributed by atoms with Crippen LogP contribution >= 0.6 is 0 Å². The summed E-state index contributed by atoms with van der Waals surface area (Å²) in [6, 6.07) is 0. The molecule has 0 aromatic heterocycles. The van der Waals surface area contributed by atoms with Crippen molar-refractivity contribution in [2.75, 3.05) is 13.7 Å². The van der Waals surface area contributed by atoms with Crippen molar-refractivity contribution in [1.29, 1.82) is 0 Å². The van der Waals surface area contributed by atoms with Crippen molar-refractivity contribution in [3.8, 4) is 0 Å². The maximum atomic E-state index is 13.8. The second kappa shape index (κ2) is 12.6. The smallest absolute Gasteiger partial charge is 0.331 e. The molecule has 0 aromatic rings. The molecule has 4 fully saturated rings. The zero-order valence-corrected chi connectivity index (χ0v) is 27.7. The zero-order valence-electron chi connectivity index (χ0n) is 27.7. The Labute approximate surface area is 270 Å². The average Bonchev–Trinajstić information content (AvgIpc) is 3.52. The van der Waals surface area contributed by atoms with Crippen molar-refractivity contribution < 1.29 is 53.1 Å². The van der Waals surface area contributed by atoms with Crippen molar-refractivity contribution in [3.63, 3.8) is 0 Å². The molecule has 0 spiro atoms. The highest BCUT2D eigenvalue weighted by Gasteiger charge is 2.85. The van der Waals surface area contributed by atoms with Gasteiger partial charge in [-0.25, -0.2) is 4.79 Å². The summed E-state index contributed by atoms with van der Waals surface area (Å²) in [5, 5.41) is 22.7. The van der Waals surface area contributed by atoms with Crippen molar-refractivity contribution in [3.05, 3.63) is 36.0 Å². The van der Waals surface area contributed by atoms with E-state index in [0.29, 0.717) is 24.8 Å². The number of carbonyl (C=O) groups excluding carboxylic acids is 3. The van der Waals surface area contributed by atoms with Gasteiger partial charge in [0.05, 0.1) is 18.1 Å². The minimum atomic E-state index is -1.56. The molecule has 11 heteroatoms. The van der Waals surface area contributed by atoms with Crippen LogP contribution in [0.1, 0.15) is 60.8 Å². The number of methoxy groups -OCH3 is 1. The second-order valence-electron chi connectivity index (χ2n) is 14.2. The van der Waals surface area contributed by atoms with Crippen LogP contribution in [-0.2, 0) is 42.9 Å². The Morgan fingerprint density at radius 1 is 1.13 bits per heavy atom. The van der Waals surface area contributed by atoms with Crippen molar-refractivity contribution in [2.45, 2.75) is 97.6 Å². The van der Waals surface area contributed by atoms with Crippen molar-refractivity contribution in [1.82, 2.24) is 0 Å². The summed E-state index contributed by atoms with van der Waals surface area (Å²) in [7, 11) is 1.43. The number of fused-ring (bicyclic) bond motifs is 2. The molecule has 1 aliphatic heterocycles. The van der Waals surface area contributed by atoms with Crippen LogP contribution in [0.2, 0.25) is 0 Å². The Balaban J connectivity index is 1.51. The Morgan fingerprint density at radius 2 is 1.85 bits per heavy atom. The van der Waals surface area contributed by atoms with Crippen LogP contribution in [-0.4, -0.2) is 84.9 Å². The highest BCUT2D eigenvalue weighted by molar-refractivity contribution is 5.90. The van der Waals surface area contributed by atoms with Crippen LogP contribution in [0.5, 0.6) is 0 Å². The van der Waals surface area contributed by atoms with Gasteiger partial charge in [0.15, 0.2) is 12.4 Å². The summed E-state index contributed by atoms with van der Waals surface area (Å²) in [6.45, 7) is 10.7. The van der Waals surface area contributed by atoms with E-state index in [9.17, 15) is 29.4 Å². The van der Waals surface area contributed by atoms with E-state index in [2.05, 4.69) is 0 Å². The molecule has 5 aliphatic rings. The molecule has 46 heavy (non-hydrogen) atoms. The summed E-state index contributed by atoms with van der Waals surface area (Å²) < 4.78 is 29.4. The molecule has 0 radical (unpaired) electrons. The molecule has 4 bridgehead atoms. The number of carboxylic acid groups (broad SMARTS) is 1. The lowest BCUT2D eigenvalue weighted by atomic mass is 9.43. The molecule has 0 unspecified atom stereocenters. The van der Waals surface area contributed by atoms with E-state index in [1.807, 2.05) is 33.8 Å². The maximum absolute atomic E-state index is 13.8. The van der Waals surface area contributed by atoms with Crippen LogP contribution in [0, 0.1) is 45.8 Å². The SMILES string of the molecule is C/C=C/C=C\C(=O)O[C@H]1[C@H](O)[C@H](OC[C@@]23C[C@@H]4[C@H](C)[C@@H](OC(C)=O)C[C@H]4[C@@]4(C=O)C[C@@H]2C=C(C(C)C)[C@@]34C(=O)O)O[C@H](C)[C@H]1OC. The molecule has 0 aromatic carbocycles. The number of aldehydes is 1. The fourth-order valence-corrected chi connectivity index (χ4v) is 10.2. The number of aliphatic hydroxyl groups excluding tert-OH is 1. The number of esters is 2. The summed E-state index contributed by atoms with van der Waals surface area (Å²) in [6.07, 6.45) is 4.62. The van der Waals surface area contributed by atoms with Crippen molar-refractivity contribution in [2.24, 2.45) is 45.8 Å². The van der Waals surface area contributed by atoms with Gasteiger partial charge >= 0.3 is 17.9 Å². The van der Waals surface area contributed by atoms with Gasteiger partial charge in [0.2, 0.25) is 0 Å². The number of hydrogen-bond donors (Lipinski definition) is 2. The van der Waals surface area contributed by atoms with Gasteiger partial charge in [-0.05, 0) is 62.7 Å². The molecule has 2 N–H and O–H groups in total. The molecule has 254 valence electrons. The number of allylic oxidation sites excluding steroid dienone is 4. The van der Waals surface area contributed by atoms with Gasteiger partial charge in [-0.1, -0.05) is 50.6 Å². The predicted octanol–water partition coefficient (Wildman–Crippen LogP) is 3.63. The van der Waals surface area contributed by atoms with Gasteiger partial charge in [0.1, 0.15) is 30.0 Å². The molecule has 5 rings (SSSR count). The molecule has 4 aliphatic carbocycles. The standard InChI is InChI=1S/C35H48O11/c1-8-9-10-11-27(38)46-30-28(39)31(44-20(5)29(30)42-7)43-17-34-15-23-19(4)26(45-21(6)37)13-25(23)33(16-36)14-22(34)12-24(18(2)3)35(33,34)32(40)41/h8-12,16,18-20,22-23,25-26,28-31,39H,13-15,17H2,1-7H3,(H,40,41)/b9-8+,11-10-/t19-,20+,22-,23+,25+,26-,28-,29+,30-,31+,33-,34-,35-/m0/s1. The number of rotatable bonds is 11. The van der Waals surface area contributed by atoms with E-state index in [1.54, 1.807) is 19.1 Å². The maximum Gasteiger partial charge on any atom is 0.331 e. The summed E-state index contributed by atoms with van der Waals surface area (Å²) >= 11 is 0. The molecular formula is C35H48O11. The minimum Gasteiger partial charge on any atom is -0.481 e. The Kier molecular flexibility index (Phi) is 9.47. The van der Waals surface area contributed by atoms with Crippen LogP contribution in [0.25, 0.3) is 0 Å². The van der Waals surface area contributed by atoms with E-state index in [0.717, 1.165) is 6.29 Å². The first kappa shape index (κ1) is 34.5. The molecule has 11 nitrogen and oxygen atoms in total. The van der Waals surface area contributed by atoms with E-state index in [4.69, 9.17) is 23.7 Å². The third-order valence-electron chi connectivity index (χ3n) is 11.8. The van der Waals surface area contributed by atoms with Gasteiger partial charge in [0.25, 0.3) is 0 Å². The topological polar surface area (TPSA) is 155 Å². The quantitative estimate of drug-likeness (QED) is 0.111. The predicted molar refractivity (Wildman–Crippen MR) is 164 cm³/mol. The lowest BCUT2D eigenvalue weighted by Gasteiger charge is -2.58. The lowest BCUT2D eigenvalue weighted by molar-refractivity contribution is -0.308. The molecular weight excluding hydrogens is 596 g/mol. The Bertz CT molecular complexity index is 1320. The van der Waals surface area contributed by atoms with Crippen LogP contribution in [0.4, 0.5) is 0 Å². The third-order valence-corrected chi connectivity index (χ3v) is 11.8. The zero-order chi connectivity index (χ0) is 33.8. The first-order valence-electron chi connectivity index (χ1n) is 16.3. The van der Waals surface area contributed by atoms with Crippen LogP contribution < -0.4 is 0 Å². The van der Waals surface area contributed by atoms with Gasteiger partial charge in [-0.2, -0.15) is 0 Å². The van der Waals surface area contributed by atoms with E-state index in [1.165, 1.54) is 26.2 Å². The summed E-state index contributed by atoms with van der Waals surface area (Å²) in [4.78, 5) is 51.9. The third kappa shape index (κ3) is 4.83. The Morgan fingerprint density at radius 3 is 2.43 bits per heavy atom. The fraction of sp³-hybridized carbons (Fsp3) is 0.714. The Hall–Kier alpha value is -2.86. The number of aliphatic carboxylic acids is 1. The number of ether oxygens (including phenoxy) is 5. The highest BCUT2D eigenvalue weighted by Crippen LogP contribution is 2.82. The lowest BCUT2D eigenvalue weighted by Crippen LogP contribution is -2.64. The van der Waals surface area contributed by atoms with Gasteiger partial charge < -0.3 is 38.7 Å². The average molecular weight is 645 g/mol. The highest BCUT2D eigenvalue weighted by atomic mass is 16.7. The second-order valence-corrected chi connectivity index (χ2v) is 14.2. The normalized spacial score (nSPS) is 44.4. The van der Waals surface area contributed by atoms with Crippen molar-refractivity contribution >= 4 is 24.2 Å².